The number of pyridine rings is 1. The molecule has 12 heavy (non-hydrogen) atoms. The fourth-order valence-electron chi connectivity index (χ4n) is 1.60. The normalized spacial score (nSPS) is 16.2. The van der Waals surface area contributed by atoms with E-state index >= 15 is 0 Å². The zero-order valence-electron chi connectivity index (χ0n) is 6.96. The predicted molar refractivity (Wildman–Crippen MR) is 50.5 cm³/mol. The van der Waals surface area contributed by atoms with Crippen LogP contribution >= 0.6 is 0 Å². The van der Waals surface area contributed by atoms with Gasteiger partial charge in [-0.3, -0.25) is 0 Å². The summed E-state index contributed by atoms with van der Waals surface area (Å²) in [5, 5.41) is 0. The summed E-state index contributed by atoms with van der Waals surface area (Å²) in [6, 6.07) is 3.98. The fraction of sp³-hybridized carbons (Fsp3) is 0.300. The van der Waals surface area contributed by atoms with E-state index in [9.17, 15) is 0 Å². The van der Waals surface area contributed by atoms with Crippen molar-refractivity contribution in [3.8, 4) is 0 Å². The van der Waals surface area contributed by atoms with Crippen molar-refractivity contribution in [1.82, 2.24) is 4.98 Å². The summed E-state index contributed by atoms with van der Waals surface area (Å²) >= 11 is 0. The number of hydrogen-bond acceptors (Lipinski definition) is 2. The number of allylic oxidation sites excluding steroid dienone is 2. The molecule has 0 radical (unpaired) electrons. The second-order valence-corrected chi connectivity index (χ2v) is 3.06. The van der Waals surface area contributed by atoms with E-state index in [1.165, 1.54) is 18.4 Å². The zero-order valence-corrected chi connectivity index (χ0v) is 6.96. The fourth-order valence-corrected chi connectivity index (χ4v) is 1.60. The summed E-state index contributed by atoms with van der Waals surface area (Å²) < 4.78 is 0. The van der Waals surface area contributed by atoms with Gasteiger partial charge in [-0.2, -0.15) is 0 Å². The lowest BCUT2D eigenvalue weighted by Gasteiger charge is -2.03. The predicted octanol–water partition coefficient (Wildman–Crippen LogP) is 2.23. The van der Waals surface area contributed by atoms with Crippen molar-refractivity contribution in [1.29, 1.82) is 0 Å². The van der Waals surface area contributed by atoms with Gasteiger partial charge in [0.15, 0.2) is 0 Å². The Kier molecular flexibility index (Phi) is 1.82. The summed E-state index contributed by atoms with van der Waals surface area (Å²) in [4.78, 5) is 4.06. The van der Waals surface area contributed by atoms with Crippen molar-refractivity contribution in [2.45, 2.75) is 19.3 Å². The first-order valence-electron chi connectivity index (χ1n) is 4.28. The number of nitrogens with zero attached hydrogens (tertiary/aromatic N) is 1. The molecule has 1 heterocycles. The van der Waals surface area contributed by atoms with E-state index in [1.807, 2.05) is 12.1 Å². The Hall–Kier alpha value is -1.31. The number of rotatable bonds is 1. The van der Waals surface area contributed by atoms with E-state index in [4.69, 9.17) is 5.73 Å². The third-order valence-electron chi connectivity index (χ3n) is 2.23. The minimum atomic E-state index is 0.658. The minimum Gasteiger partial charge on any atom is -0.383 e. The van der Waals surface area contributed by atoms with Crippen molar-refractivity contribution in [2.75, 3.05) is 5.73 Å². The van der Waals surface area contributed by atoms with E-state index in [1.54, 1.807) is 6.20 Å². The highest BCUT2D eigenvalue weighted by atomic mass is 14.8. The highest BCUT2D eigenvalue weighted by Gasteiger charge is 2.09. The van der Waals surface area contributed by atoms with Crippen molar-refractivity contribution in [3.63, 3.8) is 0 Å². The number of nitrogen functional groups attached to an aromatic ring is 1. The van der Waals surface area contributed by atoms with Crippen molar-refractivity contribution in [3.05, 3.63) is 30.0 Å². The van der Waals surface area contributed by atoms with Crippen LogP contribution in [0.1, 0.15) is 24.8 Å². The maximum atomic E-state index is 5.75. The van der Waals surface area contributed by atoms with E-state index in [0.717, 1.165) is 12.0 Å². The topological polar surface area (TPSA) is 38.9 Å². The highest BCUT2D eigenvalue weighted by molar-refractivity contribution is 5.73. The number of hydrogen-bond donors (Lipinski definition) is 1. The summed E-state index contributed by atoms with van der Waals surface area (Å²) in [5.41, 5.74) is 8.23. The molecule has 0 aliphatic heterocycles. The molecule has 2 heteroatoms. The Morgan fingerprint density at radius 2 is 2.33 bits per heavy atom. The maximum absolute atomic E-state index is 5.75. The molecule has 62 valence electrons. The van der Waals surface area contributed by atoms with E-state index in [2.05, 4.69) is 11.1 Å². The first-order valence-corrected chi connectivity index (χ1v) is 4.28. The SMILES string of the molecule is Nc1ncccc1C1=CCCC1. The van der Waals surface area contributed by atoms with Crippen LogP contribution in [0.15, 0.2) is 24.4 Å². The van der Waals surface area contributed by atoms with Gasteiger partial charge >= 0.3 is 0 Å². The molecule has 2 rings (SSSR count). The Balaban J connectivity index is 2.39. The molecule has 0 unspecified atom stereocenters. The Labute approximate surface area is 72.1 Å². The molecule has 1 aromatic heterocycles. The van der Waals surface area contributed by atoms with Crippen LogP contribution < -0.4 is 5.73 Å². The lowest BCUT2D eigenvalue weighted by atomic mass is 10.1. The molecule has 0 aromatic carbocycles. The van der Waals surface area contributed by atoms with Gasteiger partial charge in [0.05, 0.1) is 0 Å². The van der Waals surface area contributed by atoms with Gasteiger partial charge in [-0.15, -0.1) is 0 Å². The van der Waals surface area contributed by atoms with Crippen LogP contribution in [0.25, 0.3) is 5.57 Å². The molecule has 0 bridgehead atoms. The largest absolute Gasteiger partial charge is 0.383 e. The second kappa shape index (κ2) is 2.97. The van der Waals surface area contributed by atoms with Gasteiger partial charge in [0, 0.05) is 11.8 Å². The second-order valence-electron chi connectivity index (χ2n) is 3.06. The third kappa shape index (κ3) is 1.20. The third-order valence-corrected chi connectivity index (χ3v) is 2.23. The van der Waals surface area contributed by atoms with E-state index < -0.39 is 0 Å². The van der Waals surface area contributed by atoms with E-state index in [-0.39, 0.29) is 0 Å². The molecule has 2 nitrogen and oxygen atoms in total. The lowest BCUT2D eigenvalue weighted by Crippen LogP contribution is -1.94. The zero-order chi connectivity index (χ0) is 8.39. The number of nitrogens with two attached hydrogens (primary N) is 1. The quantitative estimate of drug-likeness (QED) is 0.684. The van der Waals surface area contributed by atoms with Gasteiger partial charge < -0.3 is 5.73 Å². The molecule has 1 aliphatic rings. The summed E-state index contributed by atoms with van der Waals surface area (Å²) in [7, 11) is 0. The molecular weight excluding hydrogens is 148 g/mol. The van der Waals surface area contributed by atoms with Crippen LogP contribution in [0.4, 0.5) is 5.82 Å². The van der Waals surface area contributed by atoms with Gasteiger partial charge in [0.1, 0.15) is 5.82 Å². The molecule has 0 fully saturated rings. The number of aromatic nitrogens is 1. The molecule has 0 spiro atoms. The van der Waals surface area contributed by atoms with Crippen LogP contribution in [-0.4, -0.2) is 4.98 Å². The highest BCUT2D eigenvalue weighted by Crippen LogP contribution is 2.29. The molecular formula is C10H12N2. The van der Waals surface area contributed by atoms with Crippen LogP contribution in [0.3, 0.4) is 0 Å². The lowest BCUT2D eigenvalue weighted by molar-refractivity contribution is 0.935. The Morgan fingerprint density at radius 1 is 1.42 bits per heavy atom. The first kappa shape index (κ1) is 7.35. The monoisotopic (exact) mass is 160 g/mol. The van der Waals surface area contributed by atoms with Crippen molar-refractivity contribution >= 4 is 11.4 Å². The smallest absolute Gasteiger partial charge is 0.130 e. The minimum absolute atomic E-state index is 0.658. The molecule has 2 N–H and O–H groups in total. The van der Waals surface area contributed by atoms with Crippen LogP contribution in [-0.2, 0) is 0 Å². The van der Waals surface area contributed by atoms with Crippen molar-refractivity contribution in [2.24, 2.45) is 0 Å². The average molecular weight is 160 g/mol. The summed E-state index contributed by atoms with van der Waals surface area (Å²) in [6.07, 6.45) is 7.57. The van der Waals surface area contributed by atoms with Crippen LogP contribution in [0.5, 0.6) is 0 Å². The van der Waals surface area contributed by atoms with Gasteiger partial charge in [0.25, 0.3) is 0 Å². The van der Waals surface area contributed by atoms with E-state index in [0.29, 0.717) is 5.82 Å². The van der Waals surface area contributed by atoms with Gasteiger partial charge in [-0.1, -0.05) is 6.08 Å². The standard InChI is InChI=1S/C10H12N2/c11-10-9(6-3-7-12-10)8-4-1-2-5-8/h3-4,6-7H,1-2,5H2,(H2,11,12). The van der Waals surface area contributed by atoms with Crippen molar-refractivity contribution < 1.29 is 0 Å². The number of anilines is 1. The first-order chi connectivity index (χ1) is 5.88. The van der Waals surface area contributed by atoms with Crippen LogP contribution in [0.2, 0.25) is 0 Å². The summed E-state index contributed by atoms with van der Waals surface area (Å²) in [5.74, 6) is 0.658. The molecule has 1 aliphatic carbocycles. The van der Waals surface area contributed by atoms with Gasteiger partial charge in [-0.25, -0.2) is 4.98 Å². The Bertz CT molecular complexity index is 315. The molecule has 0 saturated heterocycles. The maximum Gasteiger partial charge on any atom is 0.130 e. The Morgan fingerprint density at radius 3 is 3.00 bits per heavy atom. The summed E-state index contributed by atoms with van der Waals surface area (Å²) in [6.45, 7) is 0. The van der Waals surface area contributed by atoms with Crippen LogP contribution in [0, 0.1) is 0 Å². The molecule has 0 atom stereocenters. The van der Waals surface area contributed by atoms with Gasteiger partial charge in [0.2, 0.25) is 0 Å². The van der Waals surface area contributed by atoms with Gasteiger partial charge in [-0.05, 0) is 37.0 Å². The molecule has 1 aromatic rings. The average Bonchev–Trinajstić information content (AvgIpc) is 2.57. The molecule has 0 amide bonds. The molecule has 0 saturated carbocycles.